The van der Waals surface area contributed by atoms with Crippen molar-refractivity contribution in [1.82, 2.24) is 25.6 Å². The first-order chi connectivity index (χ1) is 9.16. The van der Waals surface area contributed by atoms with Gasteiger partial charge in [0, 0.05) is 12.6 Å². The highest BCUT2D eigenvalue weighted by Gasteiger charge is 2.06. The van der Waals surface area contributed by atoms with Gasteiger partial charge in [-0.3, -0.25) is 5.43 Å². The summed E-state index contributed by atoms with van der Waals surface area (Å²) in [6, 6.07) is 7.92. The highest BCUT2D eigenvalue weighted by molar-refractivity contribution is 7.80. The maximum atomic E-state index is 5.25. The Bertz CT molecular complexity index is 587. The van der Waals surface area contributed by atoms with E-state index < -0.39 is 0 Å². The minimum Gasteiger partial charge on any atom is -0.375 e. The molecule has 2 aromatic rings. The number of nitrogens with one attached hydrogen (secondary N) is 1. The van der Waals surface area contributed by atoms with Crippen LogP contribution in [0.1, 0.15) is 11.4 Å². The van der Waals surface area contributed by atoms with Gasteiger partial charge in [-0.1, -0.05) is 17.7 Å². The minimum atomic E-state index is 0.120. The van der Waals surface area contributed by atoms with Crippen molar-refractivity contribution in [3.05, 3.63) is 35.7 Å². The molecular formula is C11H13N7S. The third kappa shape index (κ3) is 3.55. The Hall–Kier alpha value is -2.35. The molecular weight excluding hydrogens is 262 g/mol. The fraction of sp³-hybridized carbons (Fsp3) is 0.182. The Balaban J connectivity index is 2.11. The van der Waals surface area contributed by atoms with Crippen LogP contribution in [-0.2, 0) is 6.42 Å². The largest absolute Gasteiger partial charge is 0.375 e. The number of hydrogen-bond donors (Lipinski definition) is 2. The molecule has 98 valence electrons. The van der Waals surface area contributed by atoms with Gasteiger partial charge < -0.3 is 5.73 Å². The summed E-state index contributed by atoms with van der Waals surface area (Å²) in [5.41, 5.74) is 9.81. The lowest BCUT2D eigenvalue weighted by molar-refractivity contribution is 0.775. The molecule has 0 saturated heterocycles. The van der Waals surface area contributed by atoms with Crippen LogP contribution in [0.5, 0.6) is 0 Å². The molecule has 19 heavy (non-hydrogen) atoms. The molecule has 0 radical (unpaired) electrons. The van der Waals surface area contributed by atoms with Gasteiger partial charge in [-0.15, -0.1) is 5.10 Å². The van der Waals surface area contributed by atoms with Gasteiger partial charge in [0.1, 0.15) is 0 Å². The normalized spacial score (nSPS) is 10.8. The SMILES string of the molecule is Cc1ccc(-n2nnnc2CC=NNC(N)=S)cc1. The summed E-state index contributed by atoms with van der Waals surface area (Å²) in [6.45, 7) is 2.03. The molecule has 1 aromatic carbocycles. The van der Waals surface area contributed by atoms with E-state index in [2.05, 4.69) is 38.3 Å². The zero-order valence-electron chi connectivity index (χ0n) is 10.3. The molecule has 0 aliphatic carbocycles. The van der Waals surface area contributed by atoms with E-state index in [4.69, 9.17) is 5.73 Å². The third-order valence-electron chi connectivity index (χ3n) is 2.35. The minimum absolute atomic E-state index is 0.120. The summed E-state index contributed by atoms with van der Waals surface area (Å²) in [5.74, 6) is 0.678. The number of aromatic nitrogens is 4. The molecule has 1 heterocycles. The van der Waals surface area contributed by atoms with Gasteiger partial charge in [0.2, 0.25) is 0 Å². The molecule has 0 atom stereocenters. The van der Waals surface area contributed by atoms with Crippen molar-refractivity contribution >= 4 is 23.5 Å². The standard InChI is InChI=1S/C11H13N7S/c1-8-2-4-9(5-3-8)18-10(14-16-17-18)6-7-13-15-11(12)19/h2-5,7H,6H2,1H3,(H3,12,15,19). The van der Waals surface area contributed by atoms with Crippen LogP contribution in [0.15, 0.2) is 29.4 Å². The summed E-state index contributed by atoms with van der Waals surface area (Å²) in [6.07, 6.45) is 2.08. The molecule has 0 aliphatic rings. The fourth-order valence-corrected chi connectivity index (χ4v) is 1.51. The van der Waals surface area contributed by atoms with E-state index >= 15 is 0 Å². The second-order valence-electron chi connectivity index (χ2n) is 3.83. The van der Waals surface area contributed by atoms with E-state index in [0.717, 1.165) is 5.69 Å². The van der Waals surface area contributed by atoms with Crippen LogP contribution < -0.4 is 11.2 Å². The van der Waals surface area contributed by atoms with Crippen molar-refractivity contribution in [2.24, 2.45) is 10.8 Å². The lowest BCUT2D eigenvalue weighted by Gasteiger charge is -2.02. The maximum Gasteiger partial charge on any atom is 0.184 e. The van der Waals surface area contributed by atoms with Crippen LogP contribution >= 0.6 is 12.2 Å². The molecule has 0 aliphatic heterocycles. The van der Waals surface area contributed by atoms with Crippen LogP contribution in [0.3, 0.4) is 0 Å². The highest BCUT2D eigenvalue weighted by Crippen LogP contribution is 2.09. The monoisotopic (exact) mass is 275 g/mol. The van der Waals surface area contributed by atoms with E-state index in [0.29, 0.717) is 12.2 Å². The smallest absolute Gasteiger partial charge is 0.184 e. The molecule has 0 amide bonds. The zero-order valence-corrected chi connectivity index (χ0v) is 11.1. The molecule has 0 spiro atoms. The lowest BCUT2D eigenvalue weighted by atomic mass is 10.2. The van der Waals surface area contributed by atoms with Gasteiger partial charge >= 0.3 is 0 Å². The highest BCUT2D eigenvalue weighted by atomic mass is 32.1. The molecule has 0 bridgehead atoms. The van der Waals surface area contributed by atoms with Crippen molar-refractivity contribution in [3.8, 4) is 5.69 Å². The molecule has 8 heteroatoms. The second-order valence-corrected chi connectivity index (χ2v) is 4.27. The number of benzene rings is 1. The number of thiocarbonyl (C=S) groups is 1. The molecule has 0 fully saturated rings. The summed E-state index contributed by atoms with van der Waals surface area (Å²) >= 11 is 4.63. The number of tetrazole rings is 1. The molecule has 2 rings (SSSR count). The molecule has 3 N–H and O–H groups in total. The summed E-state index contributed by atoms with van der Waals surface area (Å²) in [4.78, 5) is 0. The van der Waals surface area contributed by atoms with Crippen molar-refractivity contribution in [2.45, 2.75) is 13.3 Å². The summed E-state index contributed by atoms with van der Waals surface area (Å²) in [5, 5.41) is 15.5. The van der Waals surface area contributed by atoms with Gasteiger partial charge in [0.05, 0.1) is 5.69 Å². The number of nitrogens with two attached hydrogens (primary N) is 1. The van der Waals surface area contributed by atoms with Gasteiger partial charge in [0.25, 0.3) is 0 Å². The zero-order chi connectivity index (χ0) is 13.7. The predicted octanol–water partition coefficient (Wildman–Crippen LogP) is 0.332. The van der Waals surface area contributed by atoms with E-state index in [1.54, 1.807) is 10.9 Å². The number of aryl methyl sites for hydroxylation is 1. The van der Waals surface area contributed by atoms with E-state index in [1.807, 2.05) is 31.2 Å². The molecule has 1 aromatic heterocycles. The van der Waals surface area contributed by atoms with E-state index in [9.17, 15) is 0 Å². The Morgan fingerprint density at radius 3 is 2.89 bits per heavy atom. The summed E-state index contributed by atoms with van der Waals surface area (Å²) in [7, 11) is 0. The number of nitrogens with zero attached hydrogens (tertiary/aromatic N) is 5. The number of hydrazone groups is 1. The van der Waals surface area contributed by atoms with Crippen LogP contribution in [-0.4, -0.2) is 31.5 Å². The van der Waals surface area contributed by atoms with Crippen molar-refractivity contribution < 1.29 is 0 Å². The topological polar surface area (TPSA) is 94.0 Å². The molecule has 0 saturated carbocycles. The van der Waals surface area contributed by atoms with Gasteiger partial charge in [-0.25, -0.2) is 0 Å². The van der Waals surface area contributed by atoms with Gasteiger partial charge in [0.15, 0.2) is 10.9 Å². The lowest BCUT2D eigenvalue weighted by Crippen LogP contribution is -2.24. The summed E-state index contributed by atoms with van der Waals surface area (Å²) < 4.78 is 1.66. The van der Waals surface area contributed by atoms with Crippen molar-refractivity contribution in [3.63, 3.8) is 0 Å². The second kappa shape index (κ2) is 6.01. The third-order valence-corrected chi connectivity index (χ3v) is 2.44. The first-order valence-corrected chi connectivity index (χ1v) is 5.99. The average Bonchev–Trinajstić information content (AvgIpc) is 2.84. The van der Waals surface area contributed by atoms with E-state index in [-0.39, 0.29) is 5.11 Å². The number of rotatable bonds is 4. The maximum absolute atomic E-state index is 5.25. The van der Waals surface area contributed by atoms with Crippen LogP contribution in [0.2, 0.25) is 0 Å². The fourth-order valence-electron chi connectivity index (χ4n) is 1.46. The Labute approximate surface area is 115 Å². The average molecular weight is 275 g/mol. The van der Waals surface area contributed by atoms with Crippen LogP contribution in [0.25, 0.3) is 5.69 Å². The first-order valence-electron chi connectivity index (χ1n) is 5.58. The first kappa shape index (κ1) is 13.1. The predicted molar refractivity (Wildman–Crippen MR) is 76.0 cm³/mol. The Kier molecular flexibility index (Phi) is 4.14. The Morgan fingerprint density at radius 1 is 1.47 bits per heavy atom. The quantitative estimate of drug-likeness (QED) is 0.474. The van der Waals surface area contributed by atoms with Crippen molar-refractivity contribution in [2.75, 3.05) is 0 Å². The Morgan fingerprint density at radius 2 is 2.21 bits per heavy atom. The van der Waals surface area contributed by atoms with Crippen molar-refractivity contribution in [1.29, 1.82) is 0 Å². The molecule has 7 nitrogen and oxygen atoms in total. The van der Waals surface area contributed by atoms with Gasteiger partial charge in [-0.05, 0) is 41.7 Å². The van der Waals surface area contributed by atoms with E-state index in [1.165, 1.54) is 5.56 Å². The van der Waals surface area contributed by atoms with Crippen LogP contribution in [0, 0.1) is 6.92 Å². The van der Waals surface area contributed by atoms with Crippen LogP contribution in [0.4, 0.5) is 0 Å². The van der Waals surface area contributed by atoms with Gasteiger partial charge in [-0.2, -0.15) is 9.78 Å². The number of hydrogen-bond acceptors (Lipinski definition) is 5. The molecule has 0 unspecified atom stereocenters.